The summed E-state index contributed by atoms with van der Waals surface area (Å²) in [4.78, 5) is 4.42. The molecular weight excluding hydrogens is 252 g/mol. The molecule has 0 spiro atoms. The molecule has 2 aromatic heterocycles. The van der Waals surface area contributed by atoms with Crippen molar-refractivity contribution < 1.29 is 9.15 Å². The van der Waals surface area contributed by atoms with E-state index >= 15 is 0 Å². The summed E-state index contributed by atoms with van der Waals surface area (Å²) in [6.45, 7) is 2.04. The Balaban J connectivity index is 1.95. The Morgan fingerprint density at radius 3 is 2.90 bits per heavy atom. The zero-order valence-corrected chi connectivity index (χ0v) is 11.5. The molecule has 2 heterocycles. The van der Waals surface area contributed by atoms with Crippen LogP contribution in [-0.4, -0.2) is 12.1 Å². The van der Waals surface area contributed by atoms with Gasteiger partial charge in [0.15, 0.2) is 0 Å². The van der Waals surface area contributed by atoms with Crippen LogP contribution in [0, 0.1) is 0 Å². The maximum absolute atomic E-state index is 5.41. The summed E-state index contributed by atoms with van der Waals surface area (Å²) >= 11 is 0. The number of ether oxygens (including phenoxy) is 1. The topological polar surface area (TPSA) is 47.3 Å². The smallest absolute Gasteiger partial charge is 0.134 e. The Hall–Kier alpha value is -2.49. The van der Waals surface area contributed by atoms with Gasteiger partial charge < -0.3 is 14.5 Å². The van der Waals surface area contributed by atoms with E-state index < -0.39 is 0 Å². The summed E-state index contributed by atoms with van der Waals surface area (Å²) in [5, 5.41) is 5.53. The van der Waals surface area contributed by atoms with E-state index in [9.17, 15) is 0 Å². The number of hydrogen-bond donors (Lipinski definition) is 1. The van der Waals surface area contributed by atoms with Gasteiger partial charge in [0, 0.05) is 11.6 Å². The Labute approximate surface area is 117 Å². The van der Waals surface area contributed by atoms with Crippen molar-refractivity contribution in [1.82, 2.24) is 4.98 Å². The van der Waals surface area contributed by atoms with Crippen molar-refractivity contribution in [2.45, 2.75) is 13.0 Å². The first-order valence-corrected chi connectivity index (χ1v) is 6.50. The van der Waals surface area contributed by atoms with Crippen molar-refractivity contribution in [3.8, 4) is 5.75 Å². The Morgan fingerprint density at radius 2 is 2.15 bits per heavy atom. The first-order valence-electron chi connectivity index (χ1n) is 6.50. The molecule has 0 aliphatic heterocycles. The first kappa shape index (κ1) is 12.5. The summed E-state index contributed by atoms with van der Waals surface area (Å²) < 4.78 is 10.7. The van der Waals surface area contributed by atoms with E-state index in [1.165, 1.54) is 0 Å². The van der Waals surface area contributed by atoms with E-state index in [4.69, 9.17) is 9.15 Å². The van der Waals surface area contributed by atoms with Crippen LogP contribution in [0.15, 0.2) is 53.3 Å². The molecule has 3 rings (SSSR count). The maximum atomic E-state index is 5.41. The van der Waals surface area contributed by atoms with Gasteiger partial charge in [-0.15, -0.1) is 0 Å². The number of hydrogen-bond acceptors (Lipinski definition) is 4. The van der Waals surface area contributed by atoms with Crippen molar-refractivity contribution in [3.63, 3.8) is 0 Å². The average Bonchev–Trinajstić information content (AvgIpc) is 3.01. The van der Waals surface area contributed by atoms with E-state index in [0.29, 0.717) is 0 Å². The fourth-order valence-corrected chi connectivity index (χ4v) is 2.21. The molecule has 0 saturated carbocycles. The molecule has 0 aliphatic carbocycles. The highest BCUT2D eigenvalue weighted by Gasteiger charge is 2.11. The SMILES string of the molecule is COc1ccc2c(NC(C)c3ccco3)nccc2c1. The van der Waals surface area contributed by atoms with Crippen LogP contribution < -0.4 is 10.1 Å². The van der Waals surface area contributed by atoms with E-state index in [1.807, 2.05) is 43.3 Å². The third kappa shape index (κ3) is 2.32. The highest BCUT2D eigenvalue weighted by atomic mass is 16.5. The molecule has 0 saturated heterocycles. The van der Waals surface area contributed by atoms with Gasteiger partial charge in [-0.3, -0.25) is 0 Å². The lowest BCUT2D eigenvalue weighted by Crippen LogP contribution is -2.07. The van der Waals surface area contributed by atoms with Gasteiger partial charge in [0.05, 0.1) is 19.4 Å². The van der Waals surface area contributed by atoms with E-state index in [-0.39, 0.29) is 6.04 Å². The number of benzene rings is 1. The van der Waals surface area contributed by atoms with Gasteiger partial charge in [-0.05, 0) is 48.7 Å². The second-order valence-corrected chi connectivity index (χ2v) is 4.63. The van der Waals surface area contributed by atoms with Crippen LogP contribution in [0.2, 0.25) is 0 Å². The minimum atomic E-state index is 0.0604. The van der Waals surface area contributed by atoms with Gasteiger partial charge in [-0.2, -0.15) is 0 Å². The number of furan rings is 1. The highest BCUT2D eigenvalue weighted by Crippen LogP contribution is 2.27. The summed E-state index contributed by atoms with van der Waals surface area (Å²) in [5.41, 5.74) is 0. The third-order valence-corrected chi connectivity index (χ3v) is 3.29. The number of pyridine rings is 1. The molecule has 1 aromatic carbocycles. The van der Waals surface area contributed by atoms with E-state index in [1.54, 1.807) is 19.6 Å². The zero-order valence-electron chi connectivity index (χ0n) is 11.5. The van der Waals surface area contributed by atoms with Gasteiger partial charge in [0.25, 0.3) is 0 Å². The van der Waals surface area contributed by atoms with Crippen LogP contribution in [0.25, 0.3) is 10.8 Å². The number of fused-ring (bicyclic) bond motifs is 1. The van der Waals surface area contributed by atoms with Crippen molar-refractivity contribution in [1.29, 1.82) is 0 Å². The van der Waals surface area contributed by atoms with Crippen LogP contribution in [0.1, 0.15) is 18.7 Å². The lowest BCUT2D eigenvalue weighted by Gasteiger charge is -2.14. The van der Waals surface area contributed by atoms with Crippen LogP contribution >= 0.6 is 0 Å². The molecule has 4 nitrogen and oxygen atoms in total. The number of methoxy groups -OCH3 is 1. The first-order chi connectivity index (χ1) is 9.78. The quantitative estimate of drug-likeness (QED) is 0.776. The second-order valence-electron chi connectivity index (χ2n) is 4.63. The van der Waals surface area contributed by atoms with Crippen molar-refractivity contribution in [3.05, 3.63) is 54.6 Å². The monoisotopic (exact) mass is 268 g/mol. The number of nitrogens with zero attached hydrogens (tertiary/aromatic N) is 1. The number of nitrogens with one attached hydrogen (secondary N) is 1. The Kier molecular flexibility index (Phi) is 3.29. The van der Waals surface area contributed by atoms with E-state index in [2.05, 4.69) is 10.3 Å². The summed E-state index contributed by atoms with van der Waals surface area (Å²) in [5.74, 6) is 2.57. The third-order valence-electron chi connectivity index (χ3n) is 3.29. The predicted molar refractivity (Wildman–Crippen MR) is 79.0 cm³/mol. The zero-order chi connectivity index (χ0) is 13.9. The standard InChI is InChI=1S/C16H16N2O2/c1-11(15-4-3-9-20-15)18-16-14-6-5-13(19-2)10-12(14)7-8-17-16/h3-11H,1-2H3,(H,17,18). The van der Waals surface area contributed by atoms with Gasteiger partial charge in [0.1, 0.15) is 17.3 Å². The molecule has 20 heavy (non-hydrogen) atoms. The highest BCUT2D eigenvalue weighted by molar-refractivity contribution is 5.92. The van der Waals surface area contributed by atoms with Crippen LogP contribution in [0.3, 0.4) is 0 Å². The molecule has 102 valence electrons. The molecule has 0 aliphatic rings. The summed E-state index contributed by atoms with van der Waals surface area (Å²) in [6.07, 6.45) is 3.47. The van der Waals surface area contributed by atoms with Crippen molar-refractivity contribution in [2.75, 3.05) is 12.4 Å². The number of anilines is 1. The molecule has 1 unspecified atom stereocenters. The van der Waals surface area contributed by atoms with Crippen LogP contribution in [0.4, 0.5) is 5.82 Å². The molecule has 1 atom stereocenters. The average molecular weight is 268 g/mol. The molecule has 0 radical (unpaired) electrons. The van der Waals surface area contributed by atoms with E-state index in [0.717, 1.165) is 28.1 Å². The van der Waals surface area contributed by atoms with Crippen LogP contribution in [-0.2, 0) is 0 Å². The Bertz CT molecular complexity index is 708. The normalized spacial score (nSPS) is 12.3. The van der Waals surface area contributed by atoms with Gasteiger partial charge in [-0.1, -0.05) is 0 Å². The summed E-state index contributed by atoms with van der Waals surface area (Å²) in [7, 11) is 1.67. The lowest BCUT2D eigenvalue weighted by atomic mass is 10.1. The van der Waals surface area contributed by atoms with Gasteiger partial charge in [0.2, 0.25) is 0 Å². The van der Waals surface area contributed by atoms with Crippen molar-refractivity contribution in [2.24, 2.45) is 0 Å². The van der Waals surface area contributed by atoms with Crippen LogP contribution in [0.5, 0.6) is 5.75 Å². The minimum absolute atomic E-state index is 0.0604. The van der Waals surface area contributed by atoms with Gasteiger partial charge in [-0.25, -0.2) is 4.98 Å². The Morgan fingerprint density at radius 1 is 1.25 bits per heavy atom. The molecule has 3 aromatic rings. The predicted octanol–water partition coefficient (Wildman–Crippen LogP) is 4.01. The fourth-order valence-electron chi connectivity index (χ4n) is 2.21. The largest absolute Gasteiger partial charge is 0.497 e. The molecule has 0 amide bonds. The maximum Gasteiger partial charge on any atom is 0.134 e. The summed E-state index contributed by atoms with van der Waals surface area (Å²) in [6, 6.07) is 11.8. The fraction of sp³-hybridized carbons (Fsp3) is 0.188. The lowest BCUT2D eigenvalue weighted by molar-refractivity contribution is 0.415. The molecular formula is C16H16N2O2. The van der Waals surface area contributed by atoms with Crippen molar-refractivity contribution >= 4 is 16.6 Å². The molecule has 4 heteroatoms. The number of aromatic nitrogens is 1. The molecule has 0 bridgehead atoms. The number of rotatable bonds is 4. The van der Waals surface area contributed by atoms with Gasteiger partial charge >= 0.3 is 0 Å². The second kappa shape index (κ2) is 5.25. The molecule has 0 fully saturated rings. The minimum Gasteiger partial charge on any atom is -0.497 e. The molecule has 1 N–H and O–H groups in total.